The number of rotatable bonds is 4. The molecule has 1 unspecified atom stereocenters. The fourth-order valence-electron chi connectivity index (χ4n) is 2.88. The molecule has 1 fully saturated rings. The van der Waals surface area contributed by atoms with E-state index in [1.807, 2.05) is 13.0 Å². The van der Waals surface area contributed by atoms with E-state index in [4.69, 9.17) is 0 Å². The maximum atomic E-state index is 4.46. The van der Waals surface area contributed by atoms with E-state index in [1.54, 1.807) is 0 Å². The summed E-state index contributed by atoms with van der Waals surface area (Å²) in [6.07, 6.45) is 8.05. The van der Waals surface area contributed by atoms with E-state index in [9.17, 15) is 0 Å². The molecule has 4 heteroatoms. The molecule has 2 rings (SSSR count). The number of halogens is 1. The SMILES string of the molecule is CCC(Nc1cc(Br)nc(C)n1)C1CCCCC1. The minimum Gasteiger partial charge on any atom is -0.367 e. The number of anilines is 1. The number of hydrogen-bond acceptors (Lipinski definition) is 3. The van der Waals surface area contributed by atoms with E-state index in [0.29, 0.717) is 6.04 Å². The lowest BCUT2D eigenvalue weighted by Gasteiger charge is -2.30. The summed E-state index contributed by atoms with van der Waals surface area (Å²) >= 11 is 3.43. The topological polar surface area (TPSA) is 37.8 Å². The Bertz CT molecular complexity index is 368. The van der Waals surface area contributed by atoms with Gasteiger partial charge in [-0.15, -0.1) is 0 Å². The van der Waals surface area contributed by atoms with Crippen molar-refractivity contribution < 1.29 is 0 Å². The van der Waals surface area contributed by atoms with Crippen LogP contribution in [-0.4, -0.2) is 16.0 Å². The van der Waals surface area contributed by atoms with Crippen LogP contribution >= 0.6 is 15.9 Å². The second-order valence-corrected chi connectivity index (χ2v) is 5.99. The van der Waals surface area contributed by atoms with E-state index in [1.165, 1.54) is 32.1 Å². The second kappa shape index (κ2) is 6.50. The molecule has 1 saturated carbocycles. The zero-order valence-electron chi connectivity index (χ0n) is 11.2. The first-order valence-electron chi connectivity index (χ1n) is 6.96. The highest BCUT2D eigenvalue weighted by Crippen LogP contribution is 2.29. The minimum absolute atomic E-state index is 0.548. The van der Waals surface area contributed by atoms with Crippen molar-refractivity contribution in [3.8, 4) is 0 Å². The van der Waals surface area contributed by atoms with Gasteiger partial charge in [-0.3, -0.25) is 0 Å². The Morgan fingerprint density at radius 3 is 2.67 bits per heavy atom. The molecule has 1 atom stereocenters. The standard InChI is InChI=1S/C14H22BrN3/c1-3-12(11-7-5-4-6-8-11)18-14-9-13(15)16-10(2)17-14/h9,11-12H,3-8H2,1-2H3,(H,16,17,18). The number of hydrogen-bond donors (Lipinski definition) is 1. The van der Waals surface area contributed by atoms with Crippen molar-refractivity contribution in [3.05, 3.63) is 16.5 Å². The van der Waals surface area contributed by atoms with Gasteiger partial charge in [-0.25, -0.2) is 9.97 Å². The van der Waals surface area contributed by atoms with Gasteiger partial charge in [-0.2, -0.15) is 0 Å². The molecule has 1 aromatic rings. The summed E-state index contributed by atoms with van der Waals surface area (Å²) < 4.78 is 0.857. The summed E-state index contributed by atoms with van der Waals surface area (Å²) in [6.45, 7) is 4.19. The largest absolute Gasteiger partial charge is 0.367 e. The van der Waals surface area contributed by atoms with Crippen molar-refractivity contribution in [1.82, 2.24) is 9.97 Å². The molecule has 0 bridgehead atoms. The van der Waals surface area contributed by atoms with Gasteiger partial charge in [0.05, 0.1) is 0 Å². The molecule has 1 aliphatic carbocycles. The lowest BCUT2D eigenvalue weighted by molar-refractivity contribution is 0.312. The molecule has 18 heavy (non-hydrogen) atoms. The van der Waals surface area contributed by atoms with Crippen LogP contribution in [0.4, 0.5) is 5.82 Å². The molecule has 0 radical (unpaired) electrons. The Balaban J connectivity index is 2.04. The monoisotopic (exact) mass is 311 g/mol. The van der Waals surface area contributed by atoms with E-state index >= 15 is 0 Å². The Hall–Kier alpha value is -0.640. The normalized spacial score (nSPS) is 18.6. The molecule has 1 aliphatic rings. The zero-order valence-corrected chi connectivity index (χ0v) is 12.8. The Morgan fingerprint density at radius 2 is 2.06 bits per heavy atom. The highest BCUT2D eigenvalue weighted by molar-refractivity contribution is 9.10. The summed E-state index contributed by atoms with van der Waals surface area (Å²) in [7, 11) is 0. The molecule has 0 saturated heterocycles. The van der Waals surface area contributed by atoms with Crippen LogP contribution < -0.4 is 5.32 Å². The van der Waals surface area contributed by atoms with Crippen molar-refractivity contribution >= 4 is 21.7 Å². The molecule has 0 aromatic carbocycles. The first-order chi connectivity index (χ1) is 8.69. The molecule has 0 spiro atoms. The van der Waals surface area contributed by atoms with Gasteiger partial charge in [0.2, 0.25) is 0 Å². The number of aromatic nitrogens is 2. The lowest BCUT2D eigenvalue weighted by atomic mass is 9.83. The summed E-state index contributed by atoms with van der Waals surface area (Å²) in [5, 5.41) is 3.60. The quantitative estimate of drug-likeness (QED) is 0.842. The maximum Gasteiger partial charge on any atom is 0.131 e. The van der Waals surface area contributed by atoms with Gasteiger partial charge in [0.15, 0.2) is 0 Å². The predicted molar refractivity (Wildman–Crippen MR) is 78.7 cm³/mol. The number of aryl methyl sites for hydroxylation is 1. The molecule has 1 heterocycles. The van der Waals surface area contributed by atoms with Gasteiger partial charge in [0.25, 0.3) is 0 Å². The fraction of sp³-hybridized carbons (Fsp3) is 0.714. The van der Waals surface area contributed by atoms with Crippen molar-refractivity contribution in [3.63, 3.8) is 0 Å². The van der Waals surface area contributed by atoms with Crippen molar-refractivity contribution in [1.29, 1.82) is 0 Å². The number of nitrogens with one attached hydrogen (secondary N) is 1. The third-order valence-corrected chi connectivity index (χ3v) is 4.20. The van der Waals surface area contributed by atoms with Crippen molar-refractivity contribution in [2.24, 2.45) is 5.92 Å². The van der Waals surface area contributed by atoms with Crippen LogP contribution in [0, 0.1) is 12.8 Å². The highest BCUT2D eigenvalue weighted by atomic mass is 79.9. The third kappa shape index (κ3) is 3.67. The highest BCUT2D eigenvalue weighted by Gasteiger charge is 2.22. The van der Waals surface area contributed by atoms with Gasteiger partial charge < -0.3 is 5.32 Å². The Morgan fingerprint density at radius 1 is 1.33 bits per heavy atom. The average molecular weight is 312 g/mol. The van der Waals surface area contributed by atoms with E-state index in [-0.39, 0.29) is 0 Å². The summed E-state index contributed by atoms with van der Waals surface area (Å²) in [5.41, 5.74) is 0. The van der Waals surface area contributed by atoms with E-state index in [0.717, 1.165) is 28.6 Å². The smallest absolute Gasteiger partial charge is 0.131 e. The molecule has 1 N–H and O–H groups in total. The molecule has 0 amide bonds. The van der Waals surface area contributed by atoms with Gasteiger partial charge in [0.1, 0.15) is 16.2 Å². The van der Waals surface area contributed by atoms with Gasteiger partial charge in [-0.1, -0.05) is 26.2 Å². The molecule has 0 aliphatic heterocycles. The van der Waals surface area contributed by atoms with Crippen LogP contribution in [-0.2, 0) is 0 Å². The first kappa shape index (κ1) is 13.8. The summed E-state index contributed by atoms with van der Waals surface area (Å²) in [5.74, 6) is 2.56. The van der Waals surface area contributed by atoms with Crippen LogP contribution in [0.25, 0.3) is 0 Å². The first-order valence-corrected chi connectivity index (χ1v) is 7.76. The van der Waals surface area contributed by atoms with Gasteiger partial charge in [0, 0.05) is 12.1 Å². The van der Waals surface area contributed by atoms with E-state index in [2.05, 4.69) is 38.1 Å². The predicted octanol–water partition coefficient (Wildman–Crippen LogP) is 4.32. The molecular formula is C14H22BrN3. The summed E-state index contributed by atoms with van der Waals surface area (Å²) in [6, 6.07) is 2.52. The average Bonchev–Trinajstić information content (AvgIpc) is 2.36. The lowest BCUT2D eigenvalue weighted by Crippen LogP contribution is -2.30. The minimum atomic E-state index is 0.548. The Kier molecular flexibility index (Phi) is 4.98. The van der Waals surface area contributed by atoms with Crippen LogP contribution in [0.5, 0.6) is 0 Å². The zero-order chi connectivity index (χ0) is 13.0. The van der Waals surface area contributed by atoms with Crippen molar-refractivity contribution in [2.75, 3.05) is 5.32 Å². The van der Waals surface area contributed by atoms with Gasteiger partial charge in [-0.05, 0) is 48.0 Å². The molecular weight excluding hydrogens is 290 g/mol. The van der Waals surface area contributed by atoms with Crippen LogP contribution in [0.1, 0.15) is 51.3 Å². The molecule has 3 nitrogen and oxygen atoms in total. The van der Waals surface area contributed by atoms with Crippen LogP contribution in [0.3, 0.4) is 0 Å². The van der Waals surface area contributed by atoms with Crippen LogP contribution in [0.2, 0.25) is 0 Å². The van der Waals surface area contributed by atoms with Crippen LogP contribution in [0.15, 0.2) is 10.7 Å². The fourth-order valence-corrected chi connectivity index (χ4v) is 3.36. The van der Waals surface area contributed by atoms with Crippen molar-refractivity contribution in [2.45, 2.75) is 58.4 Å². The number of nitrogens with zero attached hydrogens (tertiary/aromatic N) is 2. The third-order valence-electron chi connectivity index (χ3n) is 3.80. The molecule has 1 aromatic heterocycles. The second-order valence-electron chi connectivity index (χ2n) is 5.18. The molecule has 100 valence electrons. The van der Waals surface area contributed by atoms with Gasteiger partial charge >= 0.3 is 0 Å². The van der Waals surface area contributed by atoms with E-state index < -0.39 is 0 Å². The maximum absolute atomic E-state index is 4.46. The Labute approximate surface area is 118 Å². The summed E-state index contributed by atoms with van der Waals surface area (Å²) in [4.78, 5) is 8.71.